The molecule has 150 valence electrons. The average molecular weight is 396 g/mol. The standard InChI is InChI=1S/C19H29N3O4S/c1-4-22(5-2)27(24,25)16-8-9-18(26-3)17(12-16)19(23)21-15-10-13-6-7-14(11-15)20-13/h8-9,12-15,20H,4-7,10-11H2,1-3H3,(H,21,23). The smallest absolute Gasteiger partial charge is 0.255 e. The highest BCUT2D eigenvalue weighted by atomic mass is 32.2. The van der Waals surface area contributed by atoms with Crippen LogP contribution in [0, 0.1) is 0 Å². The number of ether oxygens (including phenoxy) is 1. The van der Waals surface area contributed by atoms with Crippen molar-refractivity contribution in [2.75, 3.05) is 20.2 Å². The van der Waals surface area contributed by atoms with E-state index in [0.717, 1.165) is 25.7 Å². The monoisotopic (exact) mass is 395 g/mol. The lowest BCUT2D eigenvalue weighted by molar-refractivity contribution is 0.0920. The highest BCUT2D eigenvalue weighted by molar-refractivity contribution is 7.89. The van der Waals surface area contributed by atoms with E-state index in [9.17, 15) is 13.2 Å². The van der Waals surface area contributed by atoms with Gasteiger partial charge in [0.15, 0.2) is 0 Å². The Bertz CT molecular complexity index is 780. The number of hydrogen-bond acceptors (Lipinski definition) is 5. The van der Waals surface area contributed by atoms with Gasteiger partial charge in [0.2, 0.25) is 10.0 Å². The van der Waals surface area contributed by atoms with Crippen LogP contribution in [-0.4, -0.2) is 57.0 Å². The molecular formula is C19H29N3O4S. The Morgan fingerprint density at radius 2 is 1.85 bits per heavy atom. The Labute approximate surface area is 161 Å². The molecule has 2 atom stereocenters. The van der Waals surface area contributed by atoms with Gasteiger partial charge in [-0.15, -0.1) is 0 Å². The Balaban J connectivity index is 1.84. The van der Waals surface area contributed by atoms with Crippen LogP contribution in [0.15, 0.2) is 23.1 Å². The van der Waals surface area contributed by atoms with Gasteiger partial charge in [-0.2, -0.15) is 4.31 Å². The number of benzene rings is 1. The zero-order chi connectivity index (χ0) is 19.6. The zero-order valence-electron chi connectivity index (χ0n) is 16.2. The minimum atomic E-state index is -3.64. The Kier molecular flexibility index (Phi) is 6.08. The third-order valence-electron chi connectivity index (χ3n) is 5.57. The van der Waals surface area contributed by atoms with Crippen LogP contribution >= 0.6 is 0 Å². The van der Waals surface area contributed by atoms with E-state index in [1.807, 2.05) is 0 Å². The second kappa shape index (κ2) is 8.16. The fourth-order valence-corrected chi connectivity index (χ4v) is 5.66. The van der Waals surface area contributed by atoms with Gasteiger partial charge in [-0.3, -0.25) is 4.79 Å². The Morgan fingerprint density at radius 1 is 1.22 bits per heavy atom. The summed E-state index contributed by atoms with van der Waals surface area (Å²) in [4.78, 5) is 13.0. The Morgan fingerprint density at radius 3 is 2.41 bits per heavy atom. The van der Waals surface area contributed by atoms with Crippen molar-refractivity contribution in [1.29, 1.82) is 0 Å². The number of hydrogen-bond donors (Lipinski definition) is 2. The second-order valence-corrected chi connectivity index (χ2v) is 9.17. The lowest BCUT2D eigenvalue weighted by Crippen LogP contribution is -2.48. The van der Waals surface area contributed by atoms with Crippen molar-refractivity contribution in [3.8, 4) is 5.75 Å². The van der Waals surface area contributed by atoms with Crippen molar-refractivity contribution in [3.63, 3.8) is 0 Å². The first-order valence-corrected chi connectivity index (χ1v) is 11.1. The van der Waals surface area contributed by atoms with Gasteiger partial charge < -0.3 is 15.4 Å². The van der Waals surface area contributed by atoms with Gasteiger partial charge in [0.25, 0.3) is 5.91 Å². The van der Waals surface area contributed by atoms with E-state index < -0.39 is 10.0 Å². The van der Waals surface area contributed by atoms with E-state index in [4.69, 9.17) is 4.74 Å². The molecule has 0 spiro atoms. The summed E-state index contributed by atoms with van der Waals surface area (Å²) in [5.41, 5.74) is 0.261. The van der Waals surface area contributed by atoms with E-state index in [-0.39, 0.29) is 22.4 Å². The molecular weight excluding hydrogens is 366 g/mol. The van der Waals surface area contributed by atoms with Crippen LogP contribution in [-0.2, 0) is 10.0 Å². The number of amides is 1. The SMILES string of the molecule is CCN(CC)S(=O)(=O)c1ccc(OC)c(C(=O)NC2CC3CCC(C2)N3)c1. The lowest BCUT2D eigenvalue weighted by atomic mass is 9.99. The molecule has 2 unspecified atom stereocenters. The molecule has 0 saturated carbocycles. The Hall–Kier alpha value is -1.64. The summed E-state index contributed by atoms with van der Waals surface area (Å²) in [6.07, 6.45) is 4.11. The first-order chi connectivity index (χ1) is 12.9. The molecule has 8 heteroatoms. The van der Waals surface area contributed by atoms with E-state index in [0.29, 0.717) is 30.9 Å². The molecule has 2 saturated heterocycles. The lowest BCUT2D eigenvalue weighted by Gasteiger charge is -2.30. The van der Waals surface area contributed by atoms with Gasteiger partial charge in [0, 0.05) is 31.2 Å². The average Bonchev–Trinajstić information content (AvgIpc) is 3.00. The normalized spacial score (nSPS) is 24.8. The number of sulfonamides is 1. The van der Waals surface area contributed by atoms with Crippen LogP contribution in [0.1, 0.15) is 49.9 Å². The molecule has 2 aliphatic rings. The minimum Gasteiger partial charge on any atom is -0.496 e. The summed E-state index contributed by atoms with van der Waals surface area (Å²) >= 11 is 0. The maximum absolute atomic E-state index is 12.9. The molecule has 1 aromatic rings. The van der Waals surface area contributed by atoms with E-state index in [1.165, 1.54) is 23.5 Å². The van der Waals surface area contributed by atoms with Gasteiger partial charge >= 0.3 is 0 Å². The van der Waals surface area contributed by atoms with Crippen LogP contribution in [0.25, 0.3) is 0 Å². The highest BCUT2D eigenvalue weighted by Crippen LogP contribution is 2.28. The molecule has 2 N–H and O–H groups in total. The van der Waals surface area contributed by atoms with Crippen LogP contribution in [0.3, 0.4) is 0 Å². The third-order valence-corrected chi connectivity index (χ3v) is 7.61. The first kappa shape index (κ1) is 20.1. The predicted molar refractivity (Wildman–Crippen MR) is 104 cm³/mol. The third kappa shape index (κ3) is 4.12. The molecule has 27 heavy (non-hydrogen) atoms. The van der Waals surface area contributed by atoms with Crippen molar-refractivity contribution >= 4 is 15.9 Å². The molecule has 2 fully saturated rings. The van der Waals surface area contributed by atoms with Crippen molar-refractivity contribution in [1.82, 2.24) is 14.9 Å². The molecule has 1 aromatic carbocycles. The van der Waals surface area contributed by atoms with E-state index in [2.05, 4.69) is 10.6 Å². The fourth-order valence-electron chi connectivity index (χ4n) is 4.18. The number of carbonyl (C=O) groups is 1. The zero-order valence-corrected chi connectivity index (χ0v) is 17.0. The number of nitrogens with one attached hydrogen (secondary N) is 2. The van der Waals surface area contributed by atoms with E-state index >= 15 is 0 Å². The van der Waals surface area contributed by atoms with Crippen LogP contribution in [0.2, 0.25) is 0 Å². The summed E-state index contributed by atoms with van der Waals surface area (Å²) in [5, 5.41) is 6.63. The molecule has 0 aliphatic carbocycles. The number of carbonyl (C=O) groups excluding carboxylic acids is 1. The minimum absolute atomic E-state index is 0.101. The molecule has 3 rings (SSSR count). The van der Waals surface area contributed by atoms with Gasteiger partial charge in [-0.1, -0.05) is 13.8 Å². The summed E-state index contributed by atoms with van der Waals surface area (Å²) in [6, 6.07) is 5.50. The number of nitrogens with zero attached hydrogens (tertiary/aromatic N) is 1. The molecule has 7 nitrogen and oxygen atoms in total. The summed E-state index contributed by atoms with van der Waals surface area (Å²) in [5.74, 6) is 0.0950. The molecule has 2 aliphatic heterocycles. The number of piperidine rings is 1. The van der Waals surface area contributed by atoms with Gasteiger partial charge in [0.1, 0.15) is 5.75 Å². The summed E-state index contributed by atoms with van der Waals surface area (Å²) in [7, 11) is -2.15. The van der Waals surface area contributed by atoms with Gasteiger partial charge in [0.05, 0.1) is 17.6 Å². The molecule has 2 heterocycles. The molecule has 0 radical (unpaired) electrons. The topological polar surface area (TPSA) is 87.7 Å². The summed E-state index contributed by atoms with van der Waals surface area (Å²) < 4.78 is 32.3. The largest absolute Gasteiger partial charge is 0.496 e. The maximum atomic E-state index is 12.9. The molecule has 0 aromatic heterocycles. The maximum Gasteiger partial charge on any atom is 0.255 e. The fraction of sp³-hybridized carbons (Fsp3) is 0.632. The molecule has 2 bridgehead atoms. The van der Waals surface area contributed by atoms with Crippen molar-refractivity contribution in [3.05, 3.63) is 23.8 Å². The van der Waals surface area contributed by atoms with Crippen LogP contribution < -0.4 is 15.4 Å². The van der Waals surface area contributed by atoms with E-state index in [1.54, 1.807) is 19.9 Å². The quantitative estimate of drug-likeness (QED) is 0.734. The summed E-state index contributed by atoms with van der Waals surface area (Å²) in [6.45, 7) is 4.35. The first-order valence-electron chi connectivity index (χ1n) is 9.64. The van der Waals surface area contributed by atoms with Crippen molar-refractivity contribution in [2.24, 2.45) is 0 Å². The van der Waals surface area contributed by atoms with Gasteiger partial charge in [-0.05, 0) is 43.9 Å². The van der Waals surface area contributed by atoms with Crippen LogP contribution in [0.5, 0.6) is 5.75 Å². The van der Waals surface area contributed by atoms with Gasteiger partial charge in [-0.25, -0.2) is 8.42 Å². The highest BCUT2D eigenvalue weighted by Gasteiger charge is 2.34. The number of rotatable bonds is 7. The predicted octanol–water partition coefficient (Wildman–Crippen LogP) is 1.74. The van der Waals surface area contributed by atoms with Crippen molar-refractivity contribution in [2.45, 2.75) is 62.6 Å². The van der Waals surface area contributed by atoms with Crippen LogP contribution in [0.4, 0.5) is 0 Å². The number of methoxy groups -OCH3 is 1. The van der Waals surface area contributed by atoms with Crippen molar-refractivity contribution < 1.29 is 17.9 Å². The molecule has 1 amide bonds. The number of fused-ring (bicyclic) bond motifs is 2. The second-order valence-electron chi connectivity index (χ2n) is 7.23.